The maximum Gasteiger partial charge on any atom is 0.326 e. The van der Waals surface area contributed by atoms with Crippen LogP contribution in [0.2, 0.25) is 0 Å². The van der Waals surface area contributed by atoms with E-state index in [2.05, 4.69) is 5.32 Å². The van der Waals surface area contributed by atoms with Crippen LogP contribution in [0.5, 0.6) is 11.5 Å². The van der Waals surface area contributed by atoms with E-state index in [1.165, 1.54) is 25.2 Å². The van der Waals surface area contributed by atoms with Gasteiger partial charge in [-0.3, -0.25) is 19.7 Å². The number of hydrogen-bond acceptors (Lipinski definition) is 8. The van der Waals surface area contributed by atoms with Gasteiger partial charge in [0, 0.05) is 6.04 Å². The minimum absolute atomic E-state index is 0.0440. The molecule has 4 unspecified atom stereocenters. The molecule has 2 saturated heterocycles. The number of methoxy groups -OCH3 is 2. The fourth-order valence-electron chi connectivity index (χ4n) is 5.09. The van der Waals surface area contributed by atoms with E-state index < -0.39 is 35.3 Å². The van der Waals surface area contributed by atoms with Crippen LogP contribution in [0.3, 0.4) is 0 Å². The highest BCUT2D eigenvalue weighted by Crippen LogP contribution is 2.52. The molecule has 180 valence electrons. The molecule has 0 bridgehead atoms. The van der Waals surface area contributed by atoms with E-state index in [4.69, 9.17) is 9.47 Å². The average Bonchev–Trinajstić information content (AvgIpc) is 3.32. The van der Waals surface area contributed by atoms with Gasteiger partial charge in [-0.25, -0.2) is 4.90 Å². The van der Waals surface area contributed by atoms with E-state index in [0.29, 0.717) is 23.4 Å². The molecule has 2 heterocycles. The van der Waals surface area contributed by atoms with E-state index in [-0.39, 0.29) is 17.4 Å². The molecule has 2 aliphatic rings. The fourth-order valence-corrected chi connectivity index (χ4v) is 5.62. The summed E-state index contributed by atoms with van der Waals surface area (Å²) in [5, 5.41) is 13.4. The van der Waals surface area contributed by atoms with Gasteiger partial charge in [-0.2, -0.15) is 11.8 Å². The SMILES string of the molecule is COC(=O)C1(CCSC)NC(c2ccc(O)c(OC)c2)C2C(=O)N(c3ccc(C)cc3)C(=O)C21. The van der Waals surface area contributed by atoms with Crippen molar-refractivity contribution in [3.05, 3.63) is 53.6 Å². The molecule has 0 aromatic heterocycles. The van der Waals surface area contributed by atoms with Crippen LogP contribution in [-0.2, 0) is 19.1 Å². The Kier molecular flexibility index (Phi) is 6.60. The first kappa shape index (κ1) is 24.1. The van der Waals surface area contributed by atoms with Crippen molar-refractivity contribution in [2.45, 2.75) is 24.9 Å². The number of carbonyl (C=O) groups excluding carboxylic acids is 3. The Morgan fingerprint density at radius 3 is 2.47 bits per heavy atom. The zero-order valence-corrected chi connectivity index (χ0v) is 20.3. The van der Waals surface area contributed by atoms with Crippen molar-refractivity contribution in [3.8, 4) is 11.5 Å². The molecule has 2 aliphatic heterocycles. The van der Waals surface area contributed by atoms with Crippen LogP contribution in [0.1, 0.15) is 23.6 Å². The van der Waals surface area contributed by atoms with Crippen LogP contribution in [-0.4, -0.2) is 54.7 Å². The van der Waals surface area contributed by atoms with Gasteiger partial charge < -0.3 is 14.6 Å². The summed E-state index contributed by atoms with van der Waals surface area (Å²) < 4.78 is 10.4. The number of phenolic OH excluding ortho intramolecular Hbond substituents is 1. The maximum atomic E-state index is 13.8. The lowest BCUT2D eigenvalue weighted by Crippen LogP contribution is -2.56. The molecule has 34 heavy (non-hydrogen) atoms. The summed E-state index contributed by atoms with van der Waals surface area (Å²) in [4.78, 5) is 42.0. The van der Waals surface area contributed by atoms with Crippen molar-refractivity contribution < 1.29 is 29.0 Å². The van der Waals surface area contributed by atoms with Gasteiger partial charge in [0.25, 0.3) is 0 Å². The summed E-state index contributed by atoms with van der Waals surface area (Å²) in [6.07, 6.45) is 2.23. The number of carbonyl (C=O) groups is 3. The average molecular weight is 485 g/mol. The zero-order valence-electron chi connectivity index (χ0n) is 19.5. The van der Waals surface area contributed by atoms with Gasteiger partial charge in [0.05, 0.1) is 31.7 Å². The third-order valence-electron chi connectivity index (χ3n) is 6.76. The smallest absolute Gasteiger partial charge is 0.326 e. The second kappa shape index (κ2) is 9.31. The molecule has 9 heteroatoms. The number of amides is 2. The van der Waals surface area contributed by atoms with E-state index in [0.717, 1.165) is 5.56 Å². The number of phenols is 1. The number of aromatic hydroxyl groups is 1. The van der Waals surface area contributed by atoms with Gasteiger partial charge in [-0.05, 0) is 55.2 Å². The number of hydrogen-bond donors (Lipinski definition) is 2. The largest absolute Gasteiger partial charge is 0.504 e. The number of rotatable bonds is 7. The van der Waals surface area contributed by atoms with Crippen molar-refractivity contribution in [2.24, 2.45) is 11.8 Å². The first-order valence-corrected chi connectivity index (χ1v) is 12.3. The molecule has 2 N–H and O–H groups in total. The molecule has 4 atom stereocenters. The molecular weight excluding hydrogens is 456 g/mol. The number of benzene rings is 2. The second-order valence-corrected chi connectivity index (χ2v) is 9.60. The van der Waals surface area contributed by atoms with Crippen molar-refractivity contribution in [1.82, 2.24) is 5.32 Å². The van der Waals surface area contributed by atoms with E-state index in [1.54, 1.807) is 36.0 Å². The molecule has 2 amide bonds. The molecule has 0 aliphatic carbocycles. The van der Waals surface area contributed by atoms with Gasteiger partial charge >= 0.3 is 5.97 Å². The highest BCUT2D eigenvalue weighted by molar-refractivity contribution is 7.98. The molecule has 2 aromatic carbocycles. The Bertz CT molecular complexity index is 1120. The number of nitrogens with zero attached hydrogens (tertiary/aromatic N) is 1. The minimum Gasteiger partial charge on any atom is -0.504 e. The summed E-state index contributed by atoms with van der Waals surface area (Å²) in [5.74, 6) is -2.36. The third-order valence-corrected chi connectivity index (χ3v) is 7.37. The molecule has 2 aromatic rings. The quantitative estimate of drug-likeness (QED) is 0.457. The number of imide groups is 1. The van der Waals surface area contributed by atoms with Gasteiger partial charge in [0.2, 0.25) is 11.8 Å². The normalized spacial score (nSPS) is 26.0. The van der Waals surface area contributed by atoms with Crippen molar-refractivity contribution in [3.63, 3.8) is 0 Å². The van der Waals surface area contributed by atoms with Gasteiger partial charge in [0.1, 0.15) is 5.54 Å². The van der Waals surface area contributed by atoms with Crippen LogP contribution < -0.4 is 15.0 Å². The third kappa shape index (κ3) is 3.73. The predicted octanol–water partition coefficient (Wildman–Crippen LogP) is 2.82. The molecule has 0 spiro atoms. The monoisotopic (exact) mass is 484 g/mol. The van der Waals surface area contributed by atoms with Crippen LogP contribution >= 0.6 is 11.8 Å². The van der Waals surface area contributed by atoms with Crippen molar-refractivity contribution in [2.75, 3.05) is 31.1 Å². The fraction of sp³-hybridized carbons (Fsp3) is 0.400. The lowest BCUT2D eigenvalue weighted by Gasteiger charge is -2.32. The summed E-state index contributed by atoms with van der Waals surface area (Å²) >= 11 is 1.54. The van der Waals surface area contributed by atoms with Crippen LogP contribution in [0.4, 0.5) is 5.69 Å². The van der Waals surface area contributed by atoms with Crippen molar-refractivity contribution in [1.29, 1.82) is 0 Å². The van der Waals surface area contributed by atoms with Crippen molar-refractivity contribution >= 4 is 35.2 Å². The Morgan fingerprint density at radius 1 is 1.15 bits per heavy atom. The Labute approximate surface area is 202 Å². The standard InChI is InChI=1S/C25H28N2O6S/c1-14-5-8-16(9-6-14)27-22(29)19-20(23(27)30)25(11-12-34-4,24(31)33-3)26-21(19)15-7-10-17(28)18(13-15)32-2/h5-10,13,19-21,26,28H,11-12H2,1-4H3. The number of ether oxygens (including phenoxy) is 2. The van der Waals surface area contributed by atoms with Gasteiger partial charge in [-0.15, -0.1) is 0 Å². The topological polar surface area (TPSA) is 105 Å². The molecular formula is C25H28N2O6S. The lowest BCUT2D eigenvalue weighted by molar-refractivity contribution is -0.152. The van der Waals surface area contributed by atoms with Gasteiger partial charge in [0.15, 0.2) is 11.5 Å². The Morgan fingerprint density at radius 2 is 1.85 bits per heavy atom. The number of thioether (sulfide) groups is 1. The van der Waals surface area contributed by atoms with Crippen LogP contribution in [0.25, 0.3) is 0 Å². The van der Waals surface area contributed by atoms with Crippen LogP contribution in [0, 0.1) is 18.8 Å². The Hall–Kier alpha value is -3.04. The van der Waals surface area contributed by atoms with Gasteiger partial charge in [-0.1, -0.05) is 23.8 Å². The van der Waals surface area contributed by atoms with Crippen LogP contribution in [0.15, 0.2) is 42.5 Å². The number of fused-ring (bicyclic) bond motifs is 1. The van der Waals surface area contributed by atoms with E-state index in [1.807, 2.05) is 25.3 Å². The molecule has 2 fully saturated rings. The predicted molar refractivity (Wildman–Crippen MR) is 129 cm³/mol. The zero-order chi connectivity index (χ0) is 24.6. The first-order valence-electron chi connectivity index (χ1n) is 11.0. The van der Waals surface area contributed by atoms with E-state index in [9.17, 15) is 19.5 Å². The number of anilines is 1. The minimum atomic E-state index is -1.37. The molecule has 8 nitrogen and oxygen atoms in total. The van der Waals surface area contributed by atoms with E-state index >= 15 is 0 Å². The highest BCUT2D eigenvalue weighted by Gasteiger charge is 2.68. The summed E-state index contributed by atoms with van der Waals surface area (Å²) in [7, 11) is 2.72. The first-order chi connectivity index (χ1) is 16.3. The number of aryl methyl sites for hydroxylation is 1. The second-order valence-electron chi connectivity index (χ2n) is 8.61. The number of nitrogens with one attached hydrogen (secondary N) is 1. The highest BCUT2D eigenvalue weighted by atomic mass is 32.2. The Balaban J connectivity index is 1.87. The maximum absolute atomic E-state index is 13.8. The summed E-state index contributed by atoms with van der Waals surface area (Å²) in [6, 6.07) is 11.3. The number of esters is 1. The molecule has 0 saturated carbocycles. The summed E-state index contributed by atoms with van der Waals surface area (Å²) in [5.41, 5.74) is 0.736. The molecule has 0 radical (unpaired) electrons. The molecule has 4 rings (SSSR count). The lowest BCUT2D eigenvalue weighted by atomic mass is 9.78. The summed E-state index contributed by atoms with van der Waals surface area (Å²) in [6.45, 7) is 1.93.